The Morgan fingerprint density at radius 2 is 2.44 bits per heavy atom. The first kappa shape index (κ1) is 14.5. The SMILES string of the molecule is Brc1csc(CNCCOCC2CCCCO2)c1. The minimum absolute atomic E-state index is 0.326. The molecule has 5 heteroatoms. The van der Waals surface area contributed by atoms with Gasteiger partial charge in [-0.3, -0.25) is 0 Å². The Morgan fingerprint density at radius 3 is 3.17 bits per heavy atom. The largest absolute Gasteiger partial charge is 0.377 e. The van der Waals surface area contributed by atoms with E-state index < -0.39 is 0 Å². The van der Waals surface area contributed by atoms with Crippen molar-refractivity contribution in [2.24, 2.45) is 0 Å². The lowest BCUT2D eigenvalue weighted by molar-refractivity contribution is -0.0399. The average molecular weight is 334 g/mol. The van der Waals surface area contributed by atoms with Crippen molar-refractivity contribution in [3.8, 4) is 0 Å². The van der Waals surface area contributed by atoms with Crippen LogP contribution in [0.2, 0.25) is 0 Å². The predicted molar refractivity (Wildman–Crippen MR) is 78.1 cm³/mol. The molecule has 2 heterocycles. The van der Waals surface area contributed by atoms with E-state index in [9.17, 15) is 0 Å². The van der Waals surface area contributed by atoms with Gasteiger partial charge in [0.05, 0.1) is 19.3 Å². The lowest BCUT2D eigenvalue weighted by Gasteiger charge is -2.22. The summed E-state index contributed by atoms with van der Waals surface area (Å²) in [6, 6.07) is 2.15. The van der Waals surface area contributed by atoms with Crippen LogP contribution < -0.4 is 5.32 Å². The minimum atomic E-state index is 0.326. The molecule has 0 aromatic carbocycles. The van der Waals surface area contributed by atoms with Gasteiger partial charge in [-0.1, -0.05) is 0 Å². The standard InChI is InChI=1S/C13H20BrNO2S/c14-11-7-13(18-10-11)8-15-4-6-16-9-12-3-1-2-5-17-12/h7,10,12,15H,1-6,8-9H2. The third-order valence-corrected chi connectivity index (χ3v) is 4.62. The van der Waals surface area contributed by atoms with Crippen molar-refractivity contribution in [2.75, 3.05) is 26.4 Å². The predicted octanol–water partition coefficient (Wildman–Crippen LogP) is 3.19. The molecule has 1 fully saturated rings. The zero-order valence-electron chi connectivity index (χ0n) is 10.5. The van der Waals surface area contributed by atoms with Crippen LogP contribution in [0, 0.1) is 0 Å². The summed E-state index contributed by atoms with van der Waals surface area (Å²) in [6.07, 6.45) is 3.96. The lowest BCUT2D eigenvalue weighted by atomic mass is 10.1. The quantitative estimate of drug-likeness (QED) is 0.777. The van der Waals surface area contributed by atoms with Crippen molar-refractivity contribution >= 4 is 27.3 Å². The normalized spacial score (nSPS) is 20.2. The molecule has 1 aliphatic heterocycles. The van der Waals surface area contributed by atoms with Crippen molar-refractivity contribution in [3.05, 3.63) is 20.8 Å². The van der Waals surface area contributed by atoms with Crippen LogP contribution in [0.5, 0.6) is 0 Å². The highest BCUT2D eigenvalue weighted by Gasteiger charge is 2.13. The van der Waals surface area contributed by atoms with Gasteiger partial charge >= 0.3 is 0 Å². The highest BCUT2D eigenvalue weighted by atomic mass is 79.9. The summed E-state index contributed by atoms with van der Waals surface area (Å²) in [5.41, 5.74) is 0. The summed E-state index contributed by atoms with van der Waals surface area (Å²) in [5, 5.41) is 5.48. The Labute approximate surface area is 121 Å². The Morgan fingerprint density at radius 1 is 1.50 bits per heavy atom. The molecule has 0 aliphatic carbocycles. The Kier molecular flexibility index (Phi) is 6.65. The first-order valence-corrected chi connectivity index (χ1v) is 8.15. The molecule has 0 bridgehead atoms. The molecule has 0 saturated carbocycles. The van der Waals surface area contributed by atoms with E-state index in [2.05, 4.69) is 32.7 Å². The van der Waals surface area contributed by atoms with E-state index in [0.29, 0.717) is 6.10 Å². The van der Waals surface area contributed by atoms with Gasteiger partial charge < -0.3 is 14.8 Å². The molecule has 2 rings (SSSR count). The maximum atomic E-state index is 5.62. The number of thiophene rings is 1. The summed E-state index contributed by atoms with van der Waals surface area (Å²) in [5.74, 6) is 0. The molecule has 18 heavy (non-hydrogen) atoms. The van der Waals surface area contributed by atoms with Crippen molar-refractivity contribution < 1.29 is 9.47 Å². The molecular formula is C13H20BrNO2S. The maximum absolute atomic E-state index is 5.62. The van der Waals surface area contributed by atoms with Crippen molar-refractivity contribution in [2.45, 2.75) is 31.9 Å². The summed E-state index contributed by atoms with van der Waals surface area (Å²) < 4.78 is 12.4. The molecular weight excluding hydrogens is 314 g/mol. The van der Waals surface area contributed by atoms with Gasteiger partial charge in [0.15, 0.2) is 0 Å². The summed E-state index contributed by atoms with van der Waals surface area (Å²) in [7, 11) is 0. The fourth-order valence-electron chi connectivity index (χ4n) is 1.96. The van der Waals surface area contributed by atoms with Crippen LogP contribution in [0.25, 0.3) is 0 Å². The molecule has 0 radical (unpaired) electrons. The van der Waals surface area contributed by atoms with Crippen LogP contribution in [0.1, 0.15) is 24.1 Å². The second-order valence-corrected chi connectivity index (χ2v) is 6.38. The zero-order valence-corrected chi connectivity index (χ0v) is 12.9. The van der Waals surface area contributed by atoms with Crippen LogP contribution in [0.4, 0.5) is 0 Å². The minimum Gasteiger partial charge on any atom is -0.377 e. The highest BCUT2D eigenvalue weighted by Crippen LogP contribution is 2.19. The van der Waals surface area contributed by atoms with Gasteiger partial charge in [0, 0.05) is 34.4 Å². The fourth-order valence-corrected chi connectivity index (χ4v) is 3.38. The van der Waals surface area contributed by atoms with Gasteiger partial charge in [-0.2, -0.15) is 0 Å². The summed E-state index contributed by atoms with van der Waals surface area (Å²) in [4.78, 5) is 1.34. The van der Waals surface area contributed by atoms with Gasteiger partial charge in [0.2, 0.25) is 0 Å². The highest BCUT2D eigenvalue weighted by molar-refractivity contribution is 9.10. The molecule has 1 aromatic rings. The third kappa shape index (κ3) is 5.36. The summed E-state index contributed by atoms with van der Waals surface area (Å²) >= 11 is 5.22. The fraction of sp³-hybridized carbons (Fsp3) is 0.692. The number of ether oxygens (including phenoxy) is 2. The van der Waals surface area contributed by atoms with E-state index in [0.717, 1.165) is 43.8 Å². The van der Waals surface area contributed by atoms with Crippen molar-refractivity contribution in [1.29, 1.82) is 0 Å². The van der Waals surface area contributed by atoms with Crippen LogP contribution in [-0.2, 0) is 16.0 Å². The molecule has 1 saturated heterocycles. The van der Waals surface area contributed by atoms with Crippen molar-refractivity contribution in [3.63, 3.8) is 0 Å². The number of hydrogen-bond donors (Lipinski definition) is 1. The first-order valence-electron chi connectivity index (χ1n) is 6.47. The monoisotopic (exact) mass is 333 g/mol. The smallest absolute Gasteiger partial charge is 0.0808 e. The van der Waals surface area contributed by atoms with E-state index in [4.69, 9.17) is 9.47 Å². The molecule has 1 atom stereocenters. The zero-order chi connectivity index (χ0) is 12.6. The molecule has 1 unspecified atom stereocenters. The number of halogens is 1. The average Bonchev–Trinajstić information content (AvgIpc) is 2.81. The molecule has 1 N–H and O–H groups in total. The molecule has 0 amide bonds. The topological polar surface area (TPSA) is 30.5 Å². The molecule has 0 spiro atoms. The lowest BCUT2D eigenvalue weighted by Crippen LogP contribution is -2.26. The van der Waals surface area contributed by atoms with E-state index in [1.54, 1.807) is 11.3 Å². The van der Waals surface area contributed by atoms with Gasteiger partial charge in [-0.25, -0.2) is 0 Å². The van der Waals surface area contributed by atoms with Crippen LogP contribution in [0.3, 0.4) is 0 Å². The number of nitrogens with one attached hydrogen (secondary N) is 1. The van der Waals surface area contributed by atoms with E-state index >= 15 is 0 Å². The van der Waals surface area contributed by atoms with Crippen LogP contribution >= 0.6 is 27.3 Å². The maximum Gasteiger partial charge on any atom is 0.0808 e. The van der Waals surface area contributed by atoms with E-state index in [1.165, 1.54) is 17.7 Å². The second kappa shape index (κ2) is 8.27. The van der Waals surface area contributed by atoms with Crippen LogP contribution in [-0.4, -0.2) is 32.5 Å². The van der Waals surface area contributed by atoms with Crippen molar-refractivity contribution in [1.82, 2.24) is 5.32 Å². The summed E-state index contributed by atoms with van der Waals surface area (Å²) in [6.45, 7) is 4.21. The molecule has 1 aromatic heterocycles. The van der Waals surface area contributed by atoms with Gasteiger partial charge in [0.1, 0.15) is 0 Å². The molecule has 3 nitrogen and oxygen atoms in total. The van der Waals surface area contributed by atoms with Gasteiger partial charge in [-0.15, -0.1) is 11.3 Å². The number of hydrogen-bond acceptors (Lipinski definition) is 4. The number of rotatable bonds is 7. The van der Waals surface area contributed by atoms with Gasteiger partial charge in [-0.05, 0) is 41.3 Å². The second-order valence-electron chi connectivity index (χ2n) is 4.47. The van der Waals surface area contributed by atoms with E-state index in [1.807, 2.05) is 0 Å². The first-order chi connectivity index (χ1) is 8.84. The van der Waals surface area contributed by atoms with Crippen LogP contribution in [0.15, 0.2) is 15.9 Å². The van der Waals surface area contributed by atoms with E-state index in [-0.39, 0.29) is 0 Å². The third-order valence-electron chi connectivity index (χ3n) is 2.92. The molecule has 1 aliphatic rings. The van der Waals surface area contributed by atoms with Gasteiger partial charge in [0.25, 0.3) is 0 Å². The molecule has 102 valence electrons. The Balaban J connectivity index is 1.46. The Bertz CT molecular complexity index is 339. The Hall–Kier alpha value is 0.0600.